The molecule has 0 aliphatic heterocycles. The molecule has 19 heavy (non-hydrogen) atoms. The molecule has 2 rings (SSSR count). The molecule has 0 aromatic heterocycles. The Morgan fingerprint density at radius 1 is 1.05 bits per heavy atom. The van der Waals surface area contributed by atoms with Crippen molar-refractivity contribution < 1.29 is 4.74 Å². The highest BCUT2D eigenvalue weighted by atomic mass is 79.9. The molecule has 0 saturated heterocycles. The van der Waals surface area contributed by atoms with Crippen molar-refractivity contribution in [2.75, 3.05) is 7.05 Å². The van der Waals surface area contributed by atoms with E-state index in [0.717, 1.165) is 34.5 Å². The molecular weight excluding hydrogens is 302 g/mol. The quantitative estimate of drug-likeness (QED) is 0.874. The fraction of sp³-hybridized carbons (Fsp3) is 0.250. The van der Waals surface area contributed by atoms with Crippen LogP contribution in [0, 0.1) is 0 Å². The molecule has 3 heteroatoms. The summed E-state index contributed by atoms with van der Waals surface area (Å²) in [7, 11) is 1.94. The molecule has 1 N–H and O–H groups in total. The third-order valence-electron chi connectivity index (χ3n) is 2.97. The van der Waals surface area contributed by atoms with Crippen molar-refractivity contribution in [3.8, 4) is 11.5 Å². The second-order valence-electron chi connectivity index (χ2n) is 4.35. The van der Waals surface area contributed by atoms with Crippen LogP contribution in [0.3, 0.4) is 0 Å². The fourth-order valence-corrected chi connectivity index (χ4v) is 2.31. The number of hydrogen-bond donors (Lipinski definition) is 1. The van der Waals surface area contributed by atoms with Gasteiger partial charge in [-0.15, -0.1) is 0 Å². The van der Waals surface area contributed by atoms with E-state index in [1.54, 1.807) is 0 Å². The summed E-state index contributed by atoms with van der Waals surface area (Å²) in [5.41, 5.74) is 2.37. The van der Waals surface area contributed by atoms with Crippen molar-refractivity contribution in [1.82, 2.24) is 5.32 Å². The minimum Gasteiger partial charge on any atom is -0.457 e. The summed E-state index contributed by atoms with van der Waals surface area (Å²) in [4.78, 5) is 0. The maximum atomic E-state index is 6.09. The van der Waals surface area contributed by atoms with E-state index in [-0.39, 0.29) is 0 Å². The summed E-state index contributed by atoms with van der Waals surface area (Å²) in [6.45, 7) is 2.93. The number of para-hydroxylation sites is 1. The highest BCUT2D eigenvalue weighted by Gasteiger charge is 2.07. The van der Waals surface area contributed by atoms with E-state index in [1.807, 2.05) is 37.4 Å². The van der Waals surface area contributed by atoms with Crippen molar-refractivity contribution in [3.63, 3.8) is 0 Å². The fourth-order valence-electron chi connectivity index (χ4n) is 1.97. The maximum Gasteiger partial charge on any atom is 0.133 e. The van der Waals surface area contributed by atoms with Crippen LogP contribution in [0.2, 0.25) is 0 Å². The molecule has 2 aromatic carbocycles. The molecule has 0 aliphatic rings. The molecule has 0 spiro atoms. The van der Waals surface area contributed by atoms with Crippen molar-refractivity contribution in [1.29, 1.82) is 0 Å². The minimum absolute atomic E-state index is 0.789. The smallest absolute Gasteiger partial charge is 0.133 e. The van der Waals surface area contributed by atoms with E-state index in [0.29, 0.717) is 0 Å². The standard InChI is InChI=1S/C16H18BrNO/c1-3-12-6-4-5-7-15(12)19-16-10-14(17)9-8-13(16)11-18-2/h4-10,18H,3,11H2,1-2H3. The molecule has 2 nitrogen and oxygen atoms in total. The van der Waals surface area contributed by atoms with E-state index in [4.69, 9.17) is 4.74 Å². The monoisotopic (exact) mass is 319 g/mol. The Morgan fingerprint density at radius 3 is 2.58 bits per heavy atom. The van der Waals surface area contributed by atoms with Gasteiger partial charge in [-0.1, -0.05) is 47.1 Å². The van der Waals surface area contributed by atoms with Crippen LogP contribution in [0.15, 0.2) is 46.9 Å². The Morgan fingerprint density at radius 2 is 1.84 bits per heavy atom. The van der Waals surface area contributed by atoms with Crippen LogP contribution in [-0.2, 0) is 13.0 Å². The van der Waals surface area contributed by atoms with Crippen molar-refractivity contribution in [2.45, 2.75) is 19.9 Å². The number of benzene rings is 2. The maximum absolute atomic E-state index is 6.09. The minimum atomic E-state index is 0.789. The highest BCUT2D eigenvalue weighted by molar-refractivity contribution is 9.10. The molecule has 0 amide bonds. The SMILES string of the molecule is CCc1ccccc1Oc1cc(Br)ccc1CNC. The van der Waals surface area contributed by atoms with Gasteiger partial charge in [0.15, 0.2) is 0 Å². The van der Waals surface area contributed by atoms with Gasteiger partial charge in [-0.05, 0) is 37.2 Å². The Hall–Kier alpha value is -1.32. The zero-order chi connectivity index (χ0) is 13.7. The number of aryl methyl sites for hydroxylation is 1. The summed E-state index contributed by atoms with van der Waals surface area (Å²) in [5, 5.41) is 3.16. The van der Waals surface area contributed by atoms with Crippen LogP contribution in [0.25, 0.3) is 0 Å². The first kappa shape index (κ1) is 14.1. The van der Waals surface area contributed by atoms with Crippen LogP contribution < -0.4 is 10.1 Å². The average molecular weight is 320 g/mol. The van der Waals surface area contributed by atoms with Gasteiger partial charge in [-0.2, -0.15) is 0 Å². The number of nitrogens with one attached hydrogen (secondary N) is 1. The molecule has 100 valence electrons. The first-order valence-electron chi connectivity index (χ1n) is 6.43. The Kier molecular flexibility index (Phi) is 5.00. The largest absolute Gasteiger partial charge is 0.457 e. The normalized spacial score (nSPS) is 10.5. The number of halogens is 1. The summed E-state index contributed by atoms with van der Waals surface area (Å²) in [6.07, 6.45) is 0.964. The van der Waals surface area contributed by atoms with E-state index >= 15 is 0 Å². The second-order valence-corrected chi connectivity index (χ2v) is 5.26. The Balaban J connectivity index is 2.34. The first-order valence-corrected chi connectivity index (χ1v) is 7.22. The van der Waals surface area contributed by atoms with Crippen LogP contribution in [-0.4, -0.2) is 7.05 Å². The predicted molar refractivity (Wildman–Crippen MR) is 82.8 cm³/mol. The Bertz CT molecular complexity index is 554. The van der Waals surface area contributed by atoms with Gasteiger partial charge in [0.05, 0.1) is 0 Å². The van der Waals surface area contributed by atoms with E-state index in [1.165, 1.54) is 5.56 Å². The number of hydrogen-bond acceptors (Lipinski definition) is 2. The van der Waals surface area contributed by atoms with Gasteiger partial charge in [0, 0.05) is 16.6 Å². The third kappa shape index (κ3) is 3.58. The van der Waals surface area contributed by atoms with Gasteiger partial charge in [-0.3, -0.25) is 0 Å². The lowest BCUT2D eigenvalue weighted by molar-refractivity contribution is 0.468. The molecule has 0 aliphatic carbocycles. The van der Waals surface area contributed by atoms with Gasteiger partial charge in [-0.25, -0.2) is 0 Å². The lowest BCUT2D eigenvalue weighted by Gasteiger charge is -2.14. The molecule has 0 saturated carbocycles. The number of ether oxygens (including phenoxy) is 1. The Labute approximate surface area is 122 Å². The lowest BCUT2D eigenvalue weighted by Crippen LogP contribution is -2.06. The lowest BCUT2D eigenvalue weighted by atomic mass is 10.1. The summed E-state index contributed by atoms with van der Waals surface area (Å²) in [5.74, 6) is 1.82. The first-order chi connectivity index (χ1) is 9.24. The van der Waals surface area contributed by atoms with Crippen molar-refractivity contribution in [3.05, 3.63) is 58.1 Å². The third-order valence-corrected chi connectivity index (χ3v) is 3.46. The van der Waals surface area contributed by atoms with Gasteiger partial charge < -0.3 is 10.1 Å². The molecule has 0 fully saturated rings. The van der Waals surface area contributed by atoms with E-state index in [9.17, 15) is 0 Å². The molecule has 0 bridgehead atoms. The van der Waals surface area contributed by atoms with Crippen LogP contribution in [0.5, 0.6) is 11.5 Å². The molecular formula is C16H18BrNO. The second kappa shape index (κ2) is 6.73. The number of rotatable bonds is 5. The zero-order valence-corrected chi connectivity index (χ0v) is 12.8. The predicted octanol–water partition coefficient (Wildman–Crippen LogP) is 4.52. The summed E-state index contributed by atoms with van der Waals surface area (Å²) >= 11 is 3.50. The molecule has 2 aromatic rings. The van der Waals surface area contributed by atoms with Crippen LogP contribution in [0.1, 0.15) is 18.1 Å². The van der Waals surface area contributed by atoms with Gasteiger partial charge in [0.1, 0.15) is 11.5 Å². The molecule has 0 radical (unpaired) electrons. The highest BCUT2D eigenvalue weighted by Crippen LogP contribution is 2.30. The van der Waals surface area contributed by atoms with Gasteiger partial charge in [0.2, 0.25) is 0 Å². The van der Waals surface area contributed by atoms with Gasteiger partial charge in [0.25, 0.3) is 0 Å². The topological polar surface area (TPSA) is 21.3 Å². The van der Waals surface area contributed by atoms with Crippen LogP contribution in [0.4, 0.5) is 0 Å². The van der Waals surface area contributed by atoms with E-state index in [2.05, 4.69) is 40.3 Å². The molecule has 0 unspecified atom stereocenters. The summed E-state index contributed by atoms with van der Waals surface area (Å²) in [6, 6.07) is 14.3. The molecule has 0 atom stereocenters. The average Bonchev–Trinajstić information content (AvgIpc) is 2.42. The molecule has 0 heterocycles. The van der Waals surface area contributed by atoms with Crippen molar-refractivity contribution >= 4 is 15.9 Å². The zero-order valence-electron chi connectivity index (χ0n) is 11.2. The van der Waals surface area contributed by atoms with E-state index < -0.39 is 0 Å². The van der Waals surface area contributed by atoms with Crippen molar-refractivity contribution in [2.24, 2.45) is 0 Å². The van der Waals surface area contributed by atoms with Gasteiger partial charge >= 0.3 is 0 Å². The van der Waals surface area contributed by atoms with Crippen LogP contribution >= 0.6 is 15.9 Å². The summed E-state index contributed by atoms with van der Waals surface area (Å²) < 4.78 is 7.12.